The molecule has 2 amide bonds. The van der Waals surface area contributed by atoms with Gasteiger partial charge in [0.2, 0.25) is 11.8 Å². The predicted molar refractivity (Wildman–Crippen MR) is 140 cm³/mol. The van der Waals surface area contributed by atoms with Crippen LogP contribution in [0.3, 0.4) is 0 Å². The topological polar surface area (TPSA) is 132 Å². The maximum Gasteiger partial charge on any atom is 0.349 e. The molecular weight excluding hydrogens is 488 g/mol. The van der Waals surface area contributed by atoms with E-state index in [0.29, 0.717) is 42.6 Å². The molecule has 3 rings (SSSR count). The van der Waals surface area contributed by atoms with E-state index in [1.165, 1.54) is 6.26 Å². The molecule has 10 heteroatoms. The fourth-order valence-corrected chi connectivity index (χ4v) is 3.73. The summed E-state index contributed by atoms with van der Waals surface area (Å²) >= 11 is 0. The Bertz CT molecular complexity index is 1250. The molecule has 0 atom stereocenters. The van der Waals surface area contributed by atoms with Crippen molar-refractivity contribution in [2.75, 3.05) is 6.61 Å². The highest BCUT2D eigenvalue weighted by atomic mass is 16.6. The predicted octanol–water partition coefficient (Wildman–Crippen LogP) is 3.31. The van der Waals surface area contributed by atoms with Crippen molar-refractivity contribution in [2.45, 2.75) is 59.7 Å². The summed E-state index contributed by atoms with van der Waals surface area (Å²) in [7, 11) is 0. The first-order chi connectivity index (χ1) is 18.1. The minimum Gasteiger partial charge on any atom is -0.476 e. The summed E-state index contributed by atoms with van der Waals surface area (Å²) in [5.41, 5.74) is 7.38. The number of amides is 2. The second-order valence-electron chi connectivity index (χ2n) is 9.27. The summed E-state index contributed by atoms with van der Waals surface area (Å²) in [5.74, 6) is -0.143. The van der Waals surface area contributed by atoms with Crippen LogP contribution in [0.2, 0.25) is 0 Å². The molecule has 3 N–H and O–H groups in total. The Morgan fingerprint density at radius 2 is 1.68 bits per heavy atom. The fraction of sp³-hybridized carbons (Fsp3) is 0.357. The molecule has 0 aliphatic carbocycles. The summed E-state index contributed by atoms with van der Waals surface area (Å²) < 4.78 is 16.6. The molecule has 3 aromatic rings. The van der Waals surface area contributed by atoms with Crippen molar-refractivity contribution >= 4 is 17.8 Å². The van der Waals surface area contributed by atoms with Gasteiger partial charge in [-0.05, 0) is 63.4 Å². The summed E-state index contributed by atoms with van der Waals surface area (Å²) in [5, 5.41) is 3.27. The van der Waals surface area contributed by atoms with Crippen molar-refractivity contribution in [2.24, 2.45) is 0 Å². The third kappa shape index (κ3) is 7.91. The third-order valence-corrected chi connectivity index (χ3v) is 5.54. The van der Waals surface area contributed by atoms with E-state index in [-0.39, 0.29) is 6.42 Å². The number of aryl methyl sites for hydroxylation is 2. The number of hydrogen-bond acceptors (Lipinski definition) is 8. The van der Waals surface area contributed by atoms with Gasteiger partial charge in [0, 0.05) is 12.1 Å². The Hall–Kier alpha value is -4.18. The second kappa shape index (κ2) is 12.9. The molecular formula is C28H34N4O6. The maximum atomic E-state index is 12.2. The van der Waals surface area contributed by atoms with Gasteiger partial charge >= 0.3 is 5.97 Å². The number of hydrogen-bond donors (Lipinski definition) is 3. The number of benzene rings is 2. The number of oxazole rings is 1. The zero-order chi connectivity index (χ0) is 27.7. The van der Waals surface area contributed by atoms with Crippen LogP contribution in [0.5, 0.6) is 5.75 Å². The third-order valence-electron chi connectivity index (χ3n) is 5.54. The molecule has 38 heavy (non-hydrogen) atoms. The lowest BCUT2D eigenvalue weighted by atomic mass is 10.0. The van der Waals surface area contributed by atoms with Gasteiger partial charge in [-0.3, -0.25) is 20.4 Å². The quantitative estimate of drug-likeness (QED) is 0.258. The van der Waals surface area contributed by atoms with E-state index in [2.05, 4.69) is 21.2 Å². The van der Waals surface area contributed by atoms with Crippen molar-refractivity contribution in [3.05, 3.63) is 82.6 Å². The fourth-order valence-electron chi connectivity index (χ4n) is 3.73. The summed E-state index contributed by atoms with van der Waals surface area (Å²) in [6.07, 6.45) is 1.38. The van der Waals surface area contributed by atoms with Crippen LogP contribution in [0.4, 0.5) is 0 Å². The number of nitrogens with one attached hydrogen (secondary N) is 3. The molecule has 0 spiro atoms. The van der Waals surface area contributed by atoms with Crippen molar-refractivity contribution in [1.82, 2.24) is 21.2 Å². The first kappa shape index (κ1) is 28.4. The molecule has 2 aromatic carbocycles. The van der Waals surface area contributed by atoms with Gasteiger partial charge in [-0.15, -0.1) is 0 Å². The van der Waals surface area contributed by atoms with Crippen LogP contribution in [0.25, 0.3) is 0 Å². The van der Waals surface area contributed by atoms with Gasteiger partial charge in [-0.2, -0.15) is 0 Å². The molecule has 202 valence electrons. The molecule has 1 heterocycles. The van der Waals surface area contributed by atoms with Crippen molar-refractivity contribution < 1.29 is 28.3 Å². The lowest BCUT2D eigenvalue weighted by Crippen LogP contribution is -2.42. The lowest BCUT2D eigenvalue weighted by Gasteiger charge is -2.26. The van der Waals surface area contributed by atoms with Gasteiger partial charge in [0.1, 0.15) is 12.0 Å². The van der Waals surface area contributed by atoms with Gasteiger partial charge in [-0.25, -0.2) is 9.78 Å². The Labute approximate surface area is 222 Å². The van der Waals surface area contributed by atoms with E-state index < -0.39 is 23.4 Å². The number of ether oxygens (including phenoxy) is 2. The van der Waals surface area contributed by atoms with Crippen LogP contribution in [0.15, 0.2) is 53.1 Å². The van der Waals surface area contributed by atoms with Crippen LogP contribution in [0.1, 0.15) is 59.4 Å². The largest absolute Gasteiger partial charge is 0.476 e. The average Bonchev–Trinajstić information content (AvgIpc) is 3.32. The van der Waals surface area contributed by atoms with E-state index in [9.17, 15) is 14.4 Å². The van der Waals surface area contributed by atoms with Crippen LogP contribution >= 0.6 is 0 Å². The summed E-state index contributed by atoms with van der Waals surface area (Å²) in [6.45, 7) is 10.2. The number of esters is 1. The normalized spacial score (nSPS) is 11.1. The number of rotatable bonds is 11. The maximum absolute atomic E-state index is 12.2. The minimum atomic E-state index is -1.10. The standard InChI is InChI=1S/C28H34N4O6/c1-6-36-27(35)28(4,5)38-25-18(2)12-20(13-19(25)3)15-29-16-24-30-22(17-37-24)14-23(33)31-32-26(34)21-10-8-7-9-11-21/h7-13,17,29H,6,14-16H2,1-5H3,(H,31,33)(H,32,34). The smallest absolute Gasteiger partial charge is 0.349 e. The van der Waals surface area contributed by atoms with Crippen LogP contribution < -0.4 is 20.9 Å². The Kier molecular flexibility index (Phi) is 9.61. The molecule has 0 unspecified atom stereocenters. The highest BCUT2D eigenvalue weighted by Crippen LogP contribution is 2.29. The summed E-state index contributed by atoms with van der Waals surface area (Å²) in [6, 6.07) is 12.6. The molecule has 10 nitrogen and oxygen atoms in total. The van der Waals surface area contributed by atoms with E-state index >= 15 is 0 Å². The monoisotopic (exact) mass is 522 g/mol. The Morgan fingerprint density at radius 1 is 1.00 bits per heavy atom. The average molecular weight is 523 g/mol. The first-order valence-electron chi connectivity index (χ1n) is 12.3. The van der Waals surface area contributed by atoms with Crippen molar-refractivity contribution in [3.8, 4) is 5.75 Å². The SMILES string of the molecule is CCOC(=O)C(C)(C)Oc1c(C)cc(CNCc2nc(CC(=O)NNC(=O)c3ccccc3)co2)cc1C. The molecule has 1 aromatic heterocycles. The first-order valence-corrected chi connectivity index (χ1v) is 12.3. The molecule has 0 bridgehead atoms. The van der Waals surface area contributed by atoms with Crippen LogP contribution in [0, 0.1) is 13.8 Å². The second-order valence-corrected chi connectivity index (χ2v) is 9.27. The summed E-state index contributed by atoms with van der Waals surface area (Å²) in [4.78, 5) is 40.7. The zero-order valence-electron chi connectivity index (χ0n) is 22.3. The highest BCUT2D eigenvalue weighted by molar-refractivity contribution is 5.95. The van der Waals surface area contributed by atoms with Crippen molar-refractivity contribution in [1.29, 1.82) is 0 Å². The lowest BCUT2D eigenvalue weighted by molar-refractivity contribution is -0.158. The van der Waals surface area contributed by atoms with E-state index in [1.807, 2.05) is 26.0 Å². The number of aromatic nitrogens is 1. The number of carbonyl (C=O) groups is 3. The van der Waals surface area contributed by atoms with Gasteiger partial charge in [0.25, 0.3) is 5.91 Å². The molecule has 0 aliphatic heterocycles. The van der Waals surface area contributed by atoms with Gasteiger partial charge < -0.3 is 19.2 Å². The van der Waals surface area contributed by atoms with Crippen LogP contribution in [-0.4, -0.2) is 35.0 Å². The zero-order valence-corrected chi connectivity index (χ0v) is 22.3. The number of hydrazine groups is 1. The van der Waals surface area contributed by atoms with E-state index in [4.69, 9.17) is 13.9 Å². The van der Waals surface area contributed by atoms with Gasteiger partial charge in [0.05, 0.1) is 25.3 Å². The van der Waals surface area contributed by atoms with Crippen LogP contribution in [-0.2, 0) is 33.8 Å². The van der Waals surface area contributed by atoms with E-state index in [0.717, 1.165) is 16.7 Å². The number of nitrogens with zero attached hydrogens (tertiary/aromatic N) is 1. The van der Waals surface area contributed by atoms with Crippen molar-refractivity contribution in [3.63, 3.8) is 0 Å². The van der Waals surface area contributed by atoms with Gasteiger partial charge in [-0.1, -0.05) is 30.3 Å². The number of carbonyl (C=O) groups excluding carboxylic acids is 3. The van der Waals surface area contributed by atoms with Gasteiger partial charge in [0.15, 0.2) is 5.60 Å². The van der Waals surface area contributed by atoms with E-state index in [1.54, 1.807) is 51.1 Å². The molecule has 0 aliphatic rings. The molecule has 0 saturated carbocycles. The molecule has 0 saturated heterocycles. The highest BCUT2D eigenvalue weighted by Gasteiger charge is 2.32. The minimum absolute atomic E-state index is 0.0411. The Balaban J connectivity index is 1.47. The Morgan fingerprint density at radius 3 is 2.34 bits per heavy atom. The molecule has 0 fully saturated rings. The molecule has 0 radical (unpaired) electrons.